The second-order valence-corrected chi connectivity index (χ2v) is 6.32. The Balaban J connectivity index is 2.35. The van der Waals surface area contributed by atoms with Crippen LogP contribution < -0.4 is 5.32 Å². The molecule has 120 valence electrons. The summed E-state index contributed by atoms with van der Waals surface area (Å²) in [4.78, 5) is 2.68. The van der Waals surface area contributed by atoms with Crippen LogP contribution in [0.4, 0.5) is 0 Å². The second-order valence-electron chi connectivity index (χ2n) is 6.32. The standard InChI is InChI=1S/C17H32N4/c1-5-12-18-16(15-13-19-20(4)14-15)17(10-8-9-11-17)21(6-2)7-3/h13-14,16,18H,5-12H2,1-4H3. The van der Waals surface area contributed by atoms with Crippen LogP contribution in [0.2, 0.25) is 0 Å². The van der Waals surface area contributed by atoms with E-state index in [0.717, 1.165) is 19.6 Å². The molecule has 1 atom stereocenters. The molecule has 21 heavy (non-hydrogen) atoms. The number of aryl methyl sites for hydroxylation is 1. The lowest BCUT2D eigenvalue weighted by Crippen LogP contribution is -2.55. The highest BCUT2D eigenvalue weighted by Gasteiger charge is 2.45. The van der Waals surface area contributed by atoms with Crippen molar-refractivity contribution in [1.29, 1.82) is 0 Å². The van der Waals surface area contributed by atoms with E-state index in [2.05, 4.69) is 48.5 Å². The van der Waals surface area contributed by atoms with E-state index in [0.29, 0.717) is 6.04 Å². The van der Waals surface area contributed by atoms with Gasteiger partial charge >= 0.3 is 0 Å². The molecule has 1 fully saturated rings. The van der Waals surface area contributed by atoms with E-state index in [-0.39, 0.29) is 5.54 Å². The molecule has 0 spiro atoms. The van der Waals surface area contributed by atoms with Gasteiger partial charge in [-0.2, -0.15) is 5.10 Å². The molecular weight excluding hydrogens is 260 g/mol. The summed E-state index contributed by atoms with van der Waals surface area (Å²) in [6.07, 6.45) is 10.7. The summed E-state index contributed by atoms with van der Waals surface area (Å²) >= 11 is 0. The number of aromatic nitrogens is 2. The van der Waals surface area contributed by atoms with E-state index in [1.807, 2.05) is 11.7 Å². The Hall–Kier alpha value is -0.870. The van der Waals surface area contributed by atoms with E-state index in [9.17, 15) is 0 Å². The Kier molecular flexibility index (Phi) is 5.82. The fourth-order valence-electron chi connectivity index (χ4n) is 4.12. The number of likely N-dealkylation sites (N-methyl/N-ethyl adjacent to an activating group) is 1. The van der Waals surface area contributed by atoms with E-state index >= 15 is 0 Å². The molecule has 1 aliphatic carbocycles. The van der Waals surface area contributed by atoms with Crippen molar-refractivity contribution in [3.63, 3.8) is 0 Å². The van der Waals surface area contributed by atoms with Crippen LogP contribution in [0.5, 0.6) is 0 Å². The molecule has 1 aromatic heterocycles. The smallest absolute Gasteiger partial charge is 0.0538 e. The minimum Gasteiger partial charge on any atom is -0.308 e. The van der Waals surface area contributed by atoms with Crippen molar-refractivity contribution in [3.8, 4) is 0 Å². The van der Waals surface area contributed by atoms with Crippen molar-refractivity contribution in [2.24, 2.45) is 7.05 Å². The predicted molar refractivity (Wildman–Crippen MR) is 88.4 cm³/mol. The van der Waals surface area contributed by atoms with Crippen molar-refractivity contribution in [3.05, 3.63) is 18.0 Å². The molecule has 0 radical (unpaired) electrons. The zero-order valence-electron chi connectivity index (χ0n) is 14.2. The summed E-state index contributed by atoms with van der Waals surface area (Å²) < 4.78 is 1.93. The number of nitrogens with zero attached hydrogens (tertiary/aromatic N) is 3. The third kappa shape index (κ3) is 3.32. The van der Waals surface area contributed by atoms with E-state index in [1.54, 1.807) is 0 Å². The fraction of sp³-hybridized carbons (Fsp3) is 0.824. The molecule has 1 saturated carbocycles. The SMILES string of the molecule is CCCNC(c1cnn(C)c1)C1(N(CC)CC)CCCC1. The Morgan fingerprint density at radius 2 is 1.95 bits per heavy atom. The molecular formula is C17H32N4. The molecule has 1 N–H and O–H groups in total. The summed E-state index contributed by atoms with van der Waals surface area (Å²) in [5.41, 5.74) is 1.61. The summed E-state index contributed by atoms with van der Waals surface area (Å²) in [5.74, 6) is 0. The Labute approximate surface area is 129 Å². The highest BCUT2D eigenvalue weighted by atomic mass is 15.3. The van der Waals surface area contributed by atoms with Crippen molar-refractivity contribution in [1.82, 2.24) is 20.0 Å². The lowest BCUT2D eigenvalue weighted by Gasteiger charge is -2.46. The molecule has 1 heterocycles. The summed E-state index contributed by atoms with van der Waals surface area (Å²) in [5, 5.41) is 8.25. The molecule has 4 nitrogen and oxygen atoms in total. The Bertz CT molecular complexity index is 416. The van der Waals surface area contributed by atoms with E-state index < -0.39 is 0 Å². The fourth-order valence-corrected chi connectivity index (χ4v) is 4.12. The number of rotatable bonds is 8. The lowest BCUT2D eigenvalue weighted by atomic mass is 9.82. The van der Waals surface area contributed by atoms with Crippen molar-refractivity contribution >= 4 is 0 Å². The third-order valence-corrected chi connectivity index (χ3v) is 5.06. The molecule has 0 amide bonds. The first-order chi connectivity index (χ1) is 10.2. The minimum atomic E-state index is 0.266. The Morgan fingerprint density at radius 3 is 2.43 bits per heavy atom. The van der Waals surface area contributed by atoms with Crippen LogP contribution in [0.25, 0.3) is 0 Å². The number of nitrogens with one attached hydrogen (secondary N) is 1. The minimum absolute atomic E-state index is 0.266. The van der Waals surface area contributed by atoms with Crippen molar-refractivity contribution in [2.45, 2.75) is 64.5 Å². The molecule has 1 aliphatic rings. The lowest BCUT2D eigenvalue weighted by molar-refractivity contribution is 0.0626. The monoisotopic (exact) mass is 292 g/mol. The topological polar surface area (TPSA) is 33.1 Å². The summed E-state index contributed by atoms with van der Waals surface area (Å²) in [6.45, 7) is 10.2. The molecule has 4 heteroatoms. The van der Waals surface area contributed by atoms with Gasteiger partial charge < -0.3 is 5.32 Å². The van der Waals surface area contributed by atoms with Crippen LogP contribution in [0.1, 0.15) is 64.5 Å². The van der Waals surface area contributed by atoms with Gasteiger partial charge in [-0.05, 0) is 38.9 Å². The third-order valence-electron chi connectivity index (χ3n) is 5.06. The highest BCUT2D eigenvalue weighted by molar-refractivity contribution is 5.19. The maximum absolute atomic E-state index is 4.42. The van der Waals surface area contributed by atoms with Gasteiger partial charge in [-0.25, -0.2) is 0 Å². The van der Waals surface area contributed by atoms with Crippen LogP contribution in [-0.4, -0.2) is 39.9 Å². The zero-order chi connectivity index (χ0) is 15.3. The zero-order valence-corrected chi connectivity index (χ0v) is 14.2. The number of hydrogen-bond donors (Lipinski definition) is 1. The maximum Gasteiger partial charge on any atom is 0.0538 e. The molecule has 0 aromatic carbocycles. The average Bonchev–Trinajstić information content (AvgIpc) is 3.11. The summed E-state index contributed by atoms with van der Waals surface area (Å²) in [6, 6.07) is 0.397. The molecule has 1 unspecified atom stereocenters. The maximum atomic E-state index is 4.42. The Morgan fingerprint density at radius 1 is 1.29 bits per heavy atom. The van der Waals surface area contributed by atoms with Crippen molar-refractivity contribution in [2.75, 3.05) is 19.6 Å². The van der Waals surface area contributed by atoms with Crippen LogP contribution in [0.3, 0.4) is 0 Å². The van der Waals surface area contributed by atoms with Gasteiger partial charge in [0.05, 0.1) is 12.2 Å². The largest absolute Gasteiger partial charge is 0.308 e. The highest BCUT2D eigenvalue weighted by Crippen LogP contribution is 2.44. The van der Waals surface area contributed by atoms with Gasteiger partial charge in [0.25, 0.3) is 0 Å². The van der Waals surface area contributed by atoms with Crippen LogP contribution in [0.15, 0.2) is 12.4 Å². The van der Waals surface area contributed by atoms with Crippen LogP contribution in [-0.2, 0) is 7.05 Å². The molecule has 1 aromatic rings. The summed E-state index contributed by atoms with van der Waals surface area (Å²) in [7, 11) is 2.01. The molecule has 2 rings (SSSR count). The molecule has 0 bridgehead atoms. The van der Waals surface area contributed by atoms with Gasteiger partial charge in [0.1, 0.15) is 0 Å². The van der Waals surface area contributed by atoms with E-state index in [1.165, 1.54) is 37.7 Å². The first-order valence-electron chi connectivity index (χ1n) is 8.65. The van der Waals surface area contributed by atoms with Crippen LogP contribution >= 0.6 is 0 Å². The van der Waals surface area contributed by atoms with Gasteiger partial charge in [0, 0.05) is 24.3 Å². The van der Waals surface area contributed by atoms with E-state index in [4.69, 9.17) is 0 Å². The predicted octanol–water partition coefficient (Wildman–Crippen LogP) is 3.12. The van der Waals surface area contributed by atoms with Gasteiger partial charge in [0.15, 0.2) is 0 Å². The quantitative estimate of drug-likeness (QED) is 0.799. The van der Waals surface area contributed by atoms with Gasteiger partial charge in [-0.3, -0.25) is 9.58 Å². The normalized spacial score (nSPS) is 19.3. The molecule has 0 aliphatic heterocycles. The second kappa shape index (κ2) is 7.41. The average molecular weight is 292 g/mol. The van der Waals surface area contributed by atoms with Gasteiger partial charge in [-0.15, -0.1) is 0 Å². The number of hydrogen-bond acceptors (Lipinski definition) is 3. The van der Waals surface area contributed by atoms with Gasteiger partial charge in [0.2, 0.25) is 0 Å². The first-order valence-corrected chi connectivity index (χ1v) is 8.65. The molecule has 0 saturated heterocycles. The first kappa shape index (κ1) is 16.5. The van der Waals surface area contributed by atoms with Crippen LogP contribution in [0, 0.1) is 0 Å². The van der Waals surface area contributed by atoms with Crippen molar-refractivity contribution < 1.29 is 0 Å². The van der Waals surface area contributed by atoms with Gasteiger partial charge in [-0.1, -0.05) is 33.6 Å².